The van der Waals surface area contributed by atoms with Crippen LogP contribution in [0.2, 0.25) is 0 Å². The van der Waals surface area contributed by atoms with Crippen LogP contribution < -0.4 is 11.1 Å². The van der Waals surface area contributed by atoms with Crippen LogP contribution in [-0.2, 0) is 26.2 Å². The Bertz CT molecular complexity index is 705. The van der Waals surface area contributed by atoms with Gasteiger partial charge in [-0.3, -0.25) is 0 Å². The standard InChI is InChI=1S/C12H17NO2S.C5H11NO2S/c14-16(15)8-6-12(7-9-16)13-10-11-4-2-1-3-5-11;6-5-1-3-9(7,8)4-2-5/h1-5,12-13H,6-10H2;5H,1-4,6H2. The van der Waals surface area contributed by atoms with Gasteiger partial charge in [0.25, 0.3) is 0 Å². The van der Waals surface area contributed by atoms with Crippen molar-refractivity contribution in [2.75, 3.05) is 23.0 Å². The number of rotatable bonds is 3. The number of sulfone groups is 2. The summed E-state index contributed by atoms with van der Waals surface area (Å²) in [5, 5.41) is 3.41. The van der Waals surface area contributed by atoms with Gasteiger partial charge in [0.2, 0.25) is 0 Å². The fourth-order valence-electron chi connectivity index (χ4n) is 2.86. The highest BCUT2D eigenvalue weighted by Crippen LogP contribution is 2.13. The van der Waals surface area contributed by atoms with E-state index in [2.05, 4.69) is 17.4 Å². The average molecular weight is 389 g/mol. The lowest BCUT2D eigenvalue weighted by atomic mass is 10.1. The van der Waals surface area contributed by atoms with Gasteiger partial charge in [-0.2, -0.15) is 0 Å². The molecular formula is C17H28N2O4S2. The van der Waals surface area contributed by atoms with E-state index >= 15 is 0 Å². The van der Waals surface area contributed by atoms with E-state index in [1.54, 1.807) is 0 Å². The van der Waals surface area contributed by atoms with Crippen LogP contribution in [0, 0.1) is 0 Å². The zero-order chi connectivity index (χ0) is 18.3. The molecule has 6 nitrogen and oxygen atoms in total. The number of nitrogens with two attached hydrogens (primary N) is 1. The SMILES string of the molecule is NC1CCS(=O)(=O)CC1.O=S1(=O)CCC(NCc2ccccc2)CC1. The van der Waals surface area contributed by atoms with Crippen LogP contribution in [0.4, 0.5) is 0 Å². The Kier molecular flexibility index (Phi) is 7.42. The molecule has 1 aromatic rings. The maximum atomic E-state index is 11.2. The third-order valence-corrected chi connectivity index (χ3v) is 8.02. The van der Waals surface area contributed by atoms with Gasteiger partial charge in [-0.15, -0.1) is 0 Å². The molecule has 0 atom stereocenters. The third-order valence-electron chi connectivity index (χ3n) is 4.59. The second kappa shape index (κ2) is 9.12. The van der Waals surface area contributed by atoms with Gasteiger partial charge in [0, 0.05) is 18.6 Å². The summed E-state index contributed by atoms with van der Waals surface area (Å²) in [6.07, 6.45) is 2.77. The normalized spacial score (nSPS) is 23.4. The van der Waals surface area contributed by atoms with E-state index < -0.39 is 19.7 Å². The predicted molar refractivity (Wildman–Crippen MR) is 101 cm³/mol. The van der Waals surface area contributed by atoms with Gasteiger partial charge >= 0.3 is 0 Å². The first kappa shape index (κ1) is 20.4. The minimum absolute atomic E-state index is 0.119. The zero-order valence-corrected chi connectivity index (χ0v) is 16.1. The summed E-state index contributed by atoms with van der Waals surface area (Å²) in [4.78, 5) is 0. The van der Waals surface area contributed by atoms with Crippen LogP contribution in [0.15, 0.2) is 30.3 Å². The topological polar surface area (TPSA) is 106 Å². The second-order valence-electron chi connectivity index (χ2n) is 6.78. The summed E-state index contributed by atoms with van der Waals surface area (Å²) < 4.78 is 44.0. The van der Waals surface area contributed by atoms with Crippen molar-refractivity contribution in [3.8, 4) is 0 Å². The summed E-state index contributed by atoms with van der Waals surface area (Å²) in [7, 11) is -5.43. The van der Waals surface area contributed by atoms with Gasteiger partial charge in [-0.25, -0.2) is 16.8 Å². The molecule has 0 spiro atoms. The van der Waals surface area contributed by atoms with Gasteiger partial charge in [-0.05, 0) is 31.2 Å². The maximum absolute atomic E-state index is 11.2. The van der Waals surface area contributed by atoms with Gasteiger partial charge in [0.1, 0.15) is 19.7 Å². The lowest BCUT2D eigenvalue weighted by Crippen LogP contribution is -2.37. The molecular weight excluding hydrogens is 360 g/mol. The first-order valence-electron chi connectivity index (χ1n) is 8.69. The minimum Gasteiger partial charge on any atom is -0.328 e. The molecule has 0 radical (unpaired) electrons. The zero-order valence-electron chi connectivity index (χ0n) is 14.4. The molecule has 3 N–H and O–H groups in total. The first-order valence-corrected chi connectivity index (χ1v) is 12.3. The lowest BCUT2D eigenvalue weighted by molar-refractivity contribution is 0.463. The quantitative estimate of drug-likeness (QED) is 0.796. The molecule has 2 heterocycles. The number of hydrogen-bond acceptors (Lipinski definition) is 6. The average Bonchev–Trinajstić information content (AvgIpc) is 2.58. The minimum atomic E-state index is -2.74. The monoisotopic (exact) mass is 388 g/mol. The maximum Gasteiger partial charge on any atom is 0.150 e. The van der Waals surface area contributed by atoms with Crippen molar-refractivity contribution in [2.45, 2.75) is 44.3 Å². The highest BCUT2D eigenvalue weighted by atomic mass is 32.2. The van der Waals surface area contributed by atoms with E-state index in [1.165, 1.54) is 5.56 Å². The molecule has 0 bridgehead atoms. The molecule has 0 saturated carbocycles. The van der Waals surface area contributed by atoms with Gasteiger partial charge < -0.3 is 11.1 Å². The van der Waals surface area contributed by atoms with Crippen LogP contribution in [0.3, 0.4) is 0 Å². The van der Waals surface area contributed by atoms with Crippen molar-refractivity contribution >= 4 is 19.7 Å². The molecule has 0 unspecified atom stereocenters. The van der Waals surface area contributed by atoms with Crippen LogP contribution in [0.5, 0.6) is 0 Å². The Hall–Kier alpha value is -0.960. The van der Waals surface area contributed by atoms with Gasteiger partial charge in [-0.1, -0.05) is 30.3 Å². The summed E-state index contributed by atoms with van der Waals surface area (Å²) in [5.41, 5.74) is 6.74. The van der Waals surface area contributed by atoms with Crippen molar-refractivity contribution in [1.29, 1.82) is 0 Å². The molecule has 2 saturated heterocycles. The molecule has 25 heavy (non-hydrogen) atoms. The smallest absolute Gasteiger partial charge is 0.150 e. The van der Waals surface area contributed by atoms with Crippen molar-refractivity contribution in [1.82, 2.24) is 5.32 Å². The van der Waals surface area contributed by atoms with E-state index in [0.717, 1.165) is 19.4 Å². The van der Waals surface area contributed by atoms with Gasteiger partial charge in [0.05, 0.1) is 23.0 Å². The predicted octanol–water partition coefficient (Wildman–Crippen LogP) is 0.876. The van der Waals surface area contributed by atoms with E-state index in [1.807, 2.05) is 18.2 Å². The second-order valence-corrected chi connectivity index (χ2v) is 11.4. The highest BCUT2D eigenvalue weighted by molar-refractivity contribution is 7.91. The molecule has 0 aliphatic carbocycles. The Morgan fingerprint density at radius 3 is 1.80 bits per heavy atom. The lowest BCUT2D eigenvalue weighted by Gasteiger charge is -2.23. The van der Waals surface area contributed by atoms with E-state index in [4.69, 9.17) is 5.73 Å². The molecule has 3 rings (SSSR count). The molecule has 2 aliphatic heterocycles. The molecule has 1 aromatic carbocycles. The first-order chi connectivity index (χ1) is 11.8. The van der Waals surface area contributed by atoms with Crippen molar-refractivity contribution < 1.29 is 16.8 Å². The Morgan fingerprint density at radius 2 is 1.32 bits per heavy atom. The summed E-state index contributed by atoms with van der Waals surface area (Å²) in [5.74, 6) is 1.24. The fourth-order valence-corrected chi connectivity index (χ4v) is 5.88. The van der Waals surface area contributed by atoms with E-state index in [0.29, 0.717) is 30.4 Å². The summed E-state index contributed by atoms with van der Waals surface area (Å²) >= 11 is 0. The number of hydrogen-bond donors (Lipinski definition) is 2. The van der Waals surface area contributed by atoms with Crippen molar-refractivity contribution in [3.05, 3.63) is 35.9 Å². The molecule has 142 valence electrons. The molecule has 0 amide bonds. The van der Waals surface area contributed by atoms with Crippen LogP contribution in [-0.4, -0.2) is 51.9 Å². The molecule has 2 fully saturated rings. The van der Waals surface area contributed by atoms with Crippen molar-refractivity contribution in [2.24, 2.45) is 5.73 Å². The Balaban J connectivity index is 0.000000212. The summed E-state index contributed by atoms with van der Waals surface area (Å²) in [6, 6.07) is 10.7. The fraction of sp³-hybridized carbons (Fsp3) is 0.647. The Morgan fingerprint density at radius 1 is 0.840 bits per heavy atom. The van der Waals surface area contributed by atoms with E-state index in [-0.39, 0.29) is 17.5 Å². The third kappa shape index (κ3) is 7.85. The Labute approximate surface area is 151 Å². The van der Waals surface area contributed by atoms with E-state index in [9.17, 15) is 16.8 Å². The summed E-state index contributed by atoms with van der Waals surface area (Å²) in [6.45, 7) is 0.825. The number of nitrogens with one attached hydrogen (secondary N) is 1. The molecule has 8 heteroatoms. The van der Waals surface area contributed by atoms with Crippen LogP contribution in [0.1, 0.15) is 31.2 Å². The highest BCUT2D eigenvalue weighted by Gasteiger charge is 2.23. The molecule has 0 aromatic heterocycles. The molecule has 2 aliphatic rings. The number of benzene rings is 1. The van der Waals surface area contributed by atoms with Gasteiger partial charge in [0.15, 0.2) is 0 Å². The van der Waals surface area contributed by atoms with Crippen LogP contribution in [0.25, 0.3) is 0 Å². The van der Waals surface area contributed by atoms with Crippen molar-refractivity contribution in [3.63, 3.8) is 0 Å². The van der Waals surface area contributed by atoms with Crippen LogP contribution >= 0.6 is 0 Å². The largest absolute Gasteiger partial charge is 0.328 e.